The van der Waals surface area contributed by atoms with Crippen LogP contribution in [0.4, 0.5) is 15.8 Å². The predicted octanol–water partition coefficient (Wildman–Crippen LogP) is 5.09. The van der Waals surface area contributed by atoms with Gasteiger partial charge in [-0.25, -0.2) is 4.39 Å². The van der Waals surface area contributed by atoms with Crippen LogP contribution in [-0.4, -0.2) is 21.6 Å². The third kappa shape index (κ3) is 4.33. The highest BCUT2D eigenvalue weighted by molar-refractivity contribution is 6.36. The Balaban J connectivity index is 1.78. The Morgan fingerprint density at radius 1 is 1.03 bits per heavy atom. The number of halogens is 2. The van der Waals surface area contributed by atoms with E-state index in [1.54, 1.807) is 31.2 Å². The first-order valence-corrected chi connectivity index (χ1v) is 10.3. The summed E-state index contributed by atoms with van der Waals surface area (Å²) in [6.07, 6.45) is 0. The van der Waals surface area contributed by atoms with Crippen molar-refractivity contribution in [2.24, 2.45) is 0 Å². The lowest BCUT2D eigenvalue weighted by atomic mass is 10.0. The first kappa shape index (κ1) is 22.2. The van der Waals surface area contributed by atoms with Gasteiger partial charge in [0.25, 0.3) is 17.5 Å². The van der Waals surface area contributed by atoms with Crippen molar-refractivity contribution in [3.63, 3.8) is 0 Å². The largest absolute Gasteiger partial charge is 0.350 e. The van der Waals surface area contributed by atoms with Crippen LogP contribution in [0.15, 0.2) is 72.4 Å². The summed E-state index contributed by atoms with van der Waals surface area (Å²) in [6.45, 7) is 1.53. The molecule has 0 bridgehead atoms. The number of aryl methyl sites for hydroxylation is 1. The Kier molecular flexibility index (Phi) is 5.93. The number of amides is 2. The number of carbonyl (C=O) groups excluding carboxylic acids is 2. The molecule has 4 rings (SSSR count). The number of nitrogens with one attached hydrogen (secondary N) is 1. The molecule has 1 aliphatic rings. The second-order valence-electron chi connectivity index (χ2n) is 7.43. The number of hydrogen-bond acceptors (Lipinski definition) is 5. The molecule has 0 saturated heterocycles. The molecule has 2 amide bonds. The zero-order valence-electron chi connectivity index (χ0n) is 17.3. The molecule has 3 aromatic carbocycles. The number of hydrogen-bond donors (Lipinski definition) is 1. The highest BCUT2D eigenvalue weighted by Gasteiger charge is 2.39. The molecule has 166 valence electrons. The molecule has 0 spiro atoms. The number of nitro groups is 1. The van der Waals surface area contributed by atoms with E-state index in [2.05, 4.69) is 5.32 Å². The van der Waals surface area contributed by atoms with Gasteiger partial charge in [0.2, 0.25) is 0 Å². The second-order valence-corrected chi connectivity index (χ2v) is 7.86. The van der Waals surface area contributed by atoms with Gasteiger partial charge in [0.1, 0.15) is 11.5 Å². The molecule has 1 N–H and O–H groups in total. The minimum atomic E-state index is -0.633. The molecular formula is C24H17ClFN3O4. The zero-order valence-corrected chi connectivity index (χ0v) is 18.1. The van der Waals surface area contributed by atoms with Crippen molar-refractivity contribution in [2.45, 2.75) is 13.5 Å². The Morgan fingerprint density at radius 3 is 2.36 bits per heavy atom. The van der Waals surface area contributed by atoms with E-state index in [-0.39, 0.29) is 29.1 Å². The Bertz CT molecular complexity index is 1320. The van der Waals surface area contributed by atoms with Crippen molar-refractivity contribution >= 4 is 40.4 Å². The lowest BCUT2D eigenvalue weighted by Gasteiger charge is -2.16. The van der Waals surface area contributed by atoms with E-state index in [9.17, 15) is 24.1 Å². The van der Waals surface area contributed by atoms with Gasteiger partial charge in [-0.2, -0.15) is 0 Å². The van der Waals surface area contributed by atoms with Crippen molar-refractivity contribution in [2.75, 3.05) is 5.32 Å². The zero-order chi connectivity index (χ0) is 23.7. The summed E-state index contributed by atoms with van der Waals surface area (Å²) in [7, 11) is 0. The number of anilines is 1. The van der Waals surface area contributed by atoms with Gasteiger partial charge in [-0.3, -0.25) is 24.6 Å². The Hall–Kier alpha value is -4.04. The van der Waals surface area contributed by atoms with E-state index in [1.165, 1.54) is 42.5 Å². The molecule has 0 saturated carbocycles. The van der Waals surface area contributed by atoms with E-state index in [0.717, 1.165) is 10.5 Å². The first-order valence-electron chi connectivity index (χ1n) is 9.88. The number of rotatable bonds is 6. The molecule has 9 heteroatoms. The van der Waals surface area contributed by atoms with Gasteiger partial charge in [-0.15, -0.1) is 0 Å². The maximum atomic E-state index is 14.2. The number of carbonyl (C=O) groups is 2. The van der Waals surface area contributed by atoms with E-state index < -0.39 is 22.6 Å². The van der Waals surface area contributed by atoms with Crippen LogP contribution in [0.5, 0.6) is 0 Å². The molecule has 3 aromatic rings. The second kappa shape index (κ2) is 8.84. The van der Waals surface area contributed by atoms with Crippen LogP contribution in [0.1, 0.15) is 16.7 Å². The quantitative estimate of drug-likeness (QED) is 0.311. The summed E-state index contributed by atoms with van der Waals surface area (Å²) in [4.78, 5) is 38.0. The summed E-state index contributed by atoms with van der Waals surface area (Å²) in [5.74, 6) is -1.80. The highest BCUT2D eigenvalue weighted by Crippen LogP contribution is 2.33. The van der Waals surface area contributed by atoms with Gasteiger partial charge in [0.15, 0.2) is 0 Å². The SMILES string of the molecule is Cc1cc(Cl)ccc1NC1=C(c2ccc([N+](=O)[O-])cc2)C(=O)N(Cc2ccccc2F)C1=O. The minimum Gasteiger partial charge on any atom is -0.350 e. The average molecular weight is 466 g/mol. The number of imide groups is 1. The summed E-state index contributed by atoms with van der Waals surface area (Å²) >= 11 is 6.02. The number of nitro benzene ring substituents is 1. The summed E-state index contributed by atoms with van der Waals surface area (Å²) in [5.41, 5.74) is 1.70. The molecule has 0 unspecified atom stereocenters. The van der Waals surface area contributed by atoms with Gasteiger partial charge in [-0.1, -0.05) is 29.8 Å². The molecule has 0 fully saturated rings. The highest BCUT2D eigenvalue weighted by atomic mass is 35.5. The van der Waals surface area contributed by atoms with Gasteiger partial charge < -0.3 is 5.32 Å². The number of non-ortho nitro benzene ring substituents is 1. The van der Waals surface area contributed by atoms with Crippen LogP contribution in [0.25, 0.3) is 5.57 Å². The fraction of sp³-hybridized carbons (Fsp3) is 0.0833. The van der Waals surface area contributed by atoms with E-state index in [1.807, 2.05) is 0 Å². The normalized spacial score (nSPS) is 13.6. The maximum absolute atomic E-state index is 14.2. The van der Waals surface area contributed by atoms with Crippen molar-refractivity contribution < 1.29 is 18.9 Å². The van der Waals surface area contributed by atoms with Crippen LogP contribution in [0.2, 0.25) is 5.02 Å². The topological polar surface area (TPSA) is 92.6 Å². The molecule has 0 atom stereocenters. The van der Waals surface area contributed by atoms with E-state index >= 15 is 0 Å². The van der Waals surface area contributed by atoms with Crippen molar-refractivity contribution in [1.82, 2.24) is 4.90 Å². The fourth-order valence-electron chi connectivity index (χ4n) is 3.55. The van der Waals surface area contributed by atoms with E-state index in [0.29, 0.717) is 16.3 Å². The van der Waals surface area contributed by atoms with Gasteiger partial charge >= 0.3 is 0 Å². The Labute approximate surface area is 193 Å². The van der Waals surface area contributed by atoms with E-state index in [4.69, 9.17) is 11.6 Å². The molecule has 33 heavy (non-hydrogen) atoms. The molecule has 1 aliphatic heterocycles. The fourth-order valence-corrected chi connectivity index (χ4v) is 3.78. The Morgan fingerprint density at radius 2 is 1.73 bits per heavy atom. The van der Waals surface area contributed by atoms with Crippen LogP contribution in [0, 0.1) is 22.9 Å². The first-order chi connectivity index (χ1) is 15.8. The molecule has 7 nitrogen and oxygen atoms in total. The van der Waals surface area contributed by atoms with Crippen LogP contribution < -0.4 is 5.32 Å². The standard InChI is InChI=1S/C24H17ClFN3O4/c1-14-12-17(25)8-11-20(14)27-22-21(15-6-9-18(10-7-15)29(32)33)23(30)28(24(22)31)13-16-4-2-3-5-19(16)26/h2-12,27H,13H2,1H3. The summed E-state index contributed by atoms with van der Waals surface area (Å²) in [6, 6.07) is 16.2. The third-order valence-corrected chi connectivity index (χ3v) is 5.50. The monoisotopic (exact) mass is 465 g/mol. The minimum absolute atomic E-state index is 0.00406. The smallest absolute Gasteiger partial charge is 0.278 e. The lowest BCUT2D eigenvalue weighted by Crippen LogP contribution is -2.32. The lowest BCUT2D eigenvalue weighted by molar-refractivity contribution is -0.384. The van der Waals surface area contributed by atoms with Gasteiger partial charge in [0.05, 0.1) is 17.0 Å². The van der Waals surface area contributed by atoms with Crippen LogP contribution in [-0.2, 0) is 16.1 Å². The molecule has 1 heterocycles. The molecular weight excluding hydrogens is 449 g/mol. The third-order valence-electron chi connectivity index (χ3n) is 5.27. The predicted molar refractivity (Wildman–Crippen MR) is 122 cm³/mol. The van der Waals surface area contributed by atoms with Crippen molar-refractivity contribution in [3.05, 3.63) is 110 Å². The molecule has 0 aliphatic carbocycles. The number of benzene rings is 3. The summed E-state index contributed by atoms with van der Waals surface area (Å²) < 4.78 is 14.2. The van der Waals surface area contributed by atoms with Gasteiger partial charge in [0, 0.05) is 28.4 Å². The van der Waals surface area contributed by atoms with Crippen molar-refractivity contribution in [1.29, 1.82) is 0 Å². The van der Waals surface area contributed by atoms with Gasteiger partial charge in [-0.05, 0) is 54.4 Å². The maximum Gasteiger partial charge on any atom is 0.278 e. The number of nitrogens with zero attached hydrogens (tertiary/aromatic N) is 2. The van der Waals surface area contributed by atoms with Crippen LogP contribution in [0.3, 0.4) is 0 Å². The van der Waals surface area contributed by atoms with Crippen molar-refractivity contribution in [3.8, 4) is 0 Å². The van der Waals surface area contributed by atoms with Crippen LogP contribution >= 0.6 is 11.6 Å². The average Bonchev–Trinajstić information content (AvgIpc) is 3.01. The molecule has 0 aromatic heterocycles. The summed E-state index contributed by atoms with van der Waals surface area (Å²) in [5, 5.41) is 14.5. The molecule has 0 radical (unpaired) electrons.